The summed E-state index contributed by atoms with van der Waals surface area (Å²) in [5, 5.41) is 0. The van der Waals surface area contributed by atoms with Gasteiger partial charge in [0.05, 0.1) is 0 Å². The van der Waals surface area contributed by atoms with Gasteiger partial charge < -0.3 is 14.2 Å². The molecule has 308 valence electrons. The summed E-state index contributed by atoms with van der Waals surface area (Å²) in [6.07, 6.45) is 39.7. The molecule has 0 saturated heterocycles. The van der Waals surface area contributed by atoms with Crippen molar-refractivity contribution < 1.29 is 28.6 Å². The van der Waals surface area contributed by atoms with Crippen molar-refractivity contribution in [2.45, 2.75) is 259 Å². The first-order valence-electron chi connectivity index (χ1n) is 22.9. The lowest BCUT2D eigenvalue weighted by Gasteiger charge is -2.18. The Bertz CT molecular complexity index is 781. The topological polar surface area (TPSA) is 78.9 Å². The second-order valence-corrected chi connectivity index (χ2v) is 16.2. The molecule has 52 heavy (non-hydrogen) atoms. The number of unbranched alkanes of at least 4 members (excludes halogenated alkanes) is 28. The van der Waals surface area contributed by atoms with Crippen LogP contribution in [0.3, 0.4) is 0 Å². The minimum absolute atomic E-state index is 0.0650. The highest BCUT2D eigenvalue weighted by molar-refractivity contribution is 5.71. The highest BCUT2D eigenvalue weighted by atomic mass is 16.6. The Kier molecular flexibility index (Phi) is 39.4. The van der Waals surface area contributed by atoms with Crippen LogP contribution in [0.15, 0.2) is 0 Å². The Morgan fingerprint density at radius 1 is 0.365 bits per heavy atom. The number of carbonyl (C=O) groups is 3. The van der Waals surface area contributed by atoms with E-state index in [1.165, 1.54) is 141 Å². The van der Waals surface area contributed by atoms with Crippen LogP contribution in [0.1, 0.15) is 252 Å². The van der Waals surface area contributed by atoms with Crippen molar-refractivity contribution >= 4 is 17.9 Å². The van der Waals surface area contributed by atoms with Crippen LogP contribution in [0, 0.1) is 5.92 Å². The lowest BCUT2D eigenvalue weighted by atomic mass is 10.0. The van der Waals surface area contributed by atoms with Crippen molar-refractivity contribution in [1.29, 1.82) is 0 Å². The molecule has 1 atom stereocenters. The van der Waals surface area contributed by atoms with Gasteiger partial charge in [-0.25, -0.2) is 0 Å². The van der Waals surface area contributed by atoms with Crippen LogP contribution >= 0.6 is 0 Å². The SMILES string of the molecule is CCCCCCCCCCCCCCCC(=O)OC[C@H](COC(=O)CCCCCCCCCCCCCCCC(C)C)OC(=O)CCCCCCC. The monoisotopic (exact) mass is 737 g/mol. The minimum atomic E-state index is -0.757. The van der Waals surface area contributed by atoms with Gasteiger partial charge in [-0.15, -0.1) is 0 Å². The van der Waals surface area contributed by atoms with Crippen molar-refractivity contribution in [2.24, 2.45) is 5.92 Å². The van der Waals surface area contributed by atoms with Gasteiger partial charge in [-0.05, 0) is 25.2 Å². The molecule has 0 aromatic heterocycles. The second-order valence-electron chi connectivity index (χ2n) is 16.2. The van der Waals surface area contributed by atoms with E-state index in [1.54, 1.807) is 0 Å². The Hall–Kier alpha value is -1.59. The average molecular weight is 737 g/mol. The van der Waals surface area contributed by atoms with Crippen molar-refractivity contribution in [3.8, 4) is 0 Å². The van der Waals surface area contributed by atoms with Gasteiger partial charge in [0, 0.05) is 19.3 Å². The smallest absolute Gasteiger partial charge is 0.306 e. The summed E-state index contributed by atoms with van der Waals surface area (Å²) >= 11 is 0. The fourth-order valence-electron chi connectivity index (χ4n) is 6.80. The summed E-state index contributed by atoms with van der Waals surface area (Å²) in [6, 6.07) is 0. The Labute approximate surface area is 323 Å². The van der Waals surface area contributed by atoms with Gasteiger partial charge in [-0.3, -0.25) is 14.4 Å². The van der Waals surface area contributed by atoms with Crippen molar-refractivity contribution in [3.63, 3.8) is 0 Å². The molecule has 0 rings (SSSR count). The van der Waals surface area contributed by atoms with Crippen molar-refractivity contribution in [3.05, 3.63) is 0 Å². The van der Waals surface area contributed by atoms with Gasteiger partial charge in [0.1, 0.15) is 13.2 Å². The average Bonchev–Trinajstić information content (AvgIpc) is 3.12. The molecule has 0 spiro atoms. The molecule has 0 aromatic rings. The second kappa shape index (κ2) is 40.6. The number of carbonyl (C=O) groups excluding carboxylic acids is 3. The van der Waals surface area contributed by atoms with Gasteiger partial charge in [-0.2, -0.15) is 0 Å². The molecule has 0 aliphatic rings. The van der Waals surface area contributed by atoms with Crippen LogP contribution in [-0.2, 0) is 28.6 Å². The van der Waals surface area contributed by atoms with Crippen LogP contribution in [0.25, 0.3) is 0 Å². The lowest BCUT2D eigenvalue weighted by molar-refractivity contribution is -0.167. The Morgan fingerprint density at radius 3 is 0.942 bits per heavy atom. The maximum absolute atomic E-state index is 12.5. The summed E-state index contributed by atoms with van der Waals surface area (Å²) in [5.41, 5.74) is 0. The van der Waals surface area contributed by atoms with E-state index in [9.17, 15) is 14.4 Å². The summed E-state index contributed by atoms with van der Waals surface area (Å²) < 4.78 is 16.6. The zero-order valence-electron chi connectivity index (χ0n) is 35.3. The van der Waals surface area contributed by atoms with E-state index in [4.69, 9.17) is 14.2 Å². The first-order chi connectivity index (χ1) is 25.4. The predicted octanol–water partition coefficient (Wildman–Crippen LogP) is 14.3. The Morgan fingerprint density at radius 2 is 0.635 bits per heavy atom. The van der Waals surface area contributed by atoms with E-state index < -0.39 is 6.10 Å². The molecule has 0 bridgehead atoms. The molecule has 0 unspecified atom stereocenters. The molecular formula is C46H88O6. The standard InChI is InChI=1S/C46H88O6/c1-5-7-9-11-12-13-14-16-20-23-26-30-33-37-44(47)50-40-43(52-46(49)39-35-28-10-8-6-2)41-51-45(48)38-34-31-27-24-21-18-15-17-19-22-25-29-32-36-42(3)4/h42-43H,5-41H2,1-4H3/t43-/m1/s1. The first kappa shape index (κ1) is 50.4. The molecule has 6 nitrogen and oxygen atoms in total. The molecule has 0 N–H and O–H groups in total. The van der Waals surface area contributed by atoms with Gasteiger partial charge in [-0.1, -0.05) is 214 Å². The number of esters is 3. The van der Waals surface area contributed by atoms with Gasteiger partial charge in [0.2, 0.25) is 0 Å². The van der Waals surface area contributed by atoms with Crippen LogP contribution in [-0.4, -0.2) is 37.2 Å². The predicted molar refractivity (Wildman–Crippen MR) is 220 cm³/mol. The normalized spacial score (nSPS) is 11.9. The largest absolute Gasteiger partial charge is 0.462 e. The van der Waals surface area contributed by atoms with Crippen molar-refractivity contribution in [2.75, 3.05) is 13.2 Å². The lowest BCUT2D eigenvalue weighted by Crippen LogP contribution is -2.30. The fourth-order valence-corrected chi connectivity index (χ4v) is 6.80. The molecule has 0 fully saturated rings. The first-order valence-corrected chi connectivity index (χ1v) is 22.9. The maximum atomic E-state index is 12.5. The van der Waals surface area contributed by atoms with E-state index in [-0.39, 0.29) is 31.1 Å². The zero-order valence-corrected chi connectivity index (χ0v) is 35.3. The maximum Gasteiger partial charge on any atom is 0.306 e. The van der Waals surface area contributed by atoms with E-state index in [0.717, 1.165) is 70.1 Å². The highest BCUT2D eigenvalue weighted by Crippen LogP contribution is 2.16. The molecule has 0 radical (unpaired) electrons. The Balaban J connectivity index is 4.12. The summed E-state index contributed by atoms with van der Waals surface area (Å²) in [5.74, 6) is -0.0280. The molecule has 0 aliphatic heterocycles. The summed E-state index contributed by atoms with van der Waals surface area (Å²) in [4.78, 5) is 37.4. The van der Waals surface area contributed by atoms with Crippen molar-refractivity contribution in [1.82, 2.24) is 0 Å². The minimum Gasteiger partial charge on any atom is -0.462 e. The molecule has 6 heteroatoms. The third-order valence-corrected chi connectivity index (χ3v) is 10.3. The fraction of sp³-hybridized carbons (Fsp3) is 0.935. The number of ether oxygens (including phenoxy) is 3. The van der Waals surface area contributed by atoms with Gasteiger partial charge >= 0.3 is 17.9 Å². The van der Waals surface area contributed by atoms with Crippen LogP contribution in [0.2, 0.25) is 0 Å². The third kappa shape index (κ3) is 39.6. The van der Waals surface area contributed by atoms with Crippen LogP contribution in [0.4, 0.5) is 0 Å². The molecule has 0 heterocycles. The van der Waals surface area contributed by atoms with Crippen LogP contribution < -0.4 is 0 Å². The molecule has 0 aromatic carbocycles. The third-order valence-electron chi connectivity index (χ3n) is 10.3. The molecule has 0 aliphatic carbocycles. The van der Waals surface area contributed by atoms with E-state index in [1.807, 2.05) is 0 Å². The summed E-state index contributed by atoms with van der Waals surface area (Å²) in [6.45, 7) is 8.92. The van der Waals surface area contributed by atoms with E-state index in [0.29, 0.717) is 19.3 Å². The van der Waals surface area contributed by atoms with E-state index in [2.05, 4.69) is 27.7 Å². The number of hydrogen-bond donors (Lipinski definition) is 0. The molecular weight excluding hydrogens is 649 g/mol. The van der Waals surface area contributed by atoms with Crippen LogP contribution in [0.5, 0.6) is 0 Å². The van der Waals surface area contributed by atoms with Gasteiger partial charge in [0.15, 0.2) is 6.10 Å². The quantitative estimate of drug-likeness (QED) is 0.0353. The highest BCUT2D eigenvalue weighted by Gasteiger charge is 2.19. The number of rotatable bonds is 41. The molecule has 0 saturated carbocycles. The van der Waals surface area contributed by atoms with Gasteiger partial charge in [0.25, 0.3) is 0 Å². The van der Waals surface area contributed by atoms with E-state index >= 15 is 0 Å². The molecule has 0 amide bonds. The zero-order chi connectivity index (χ0) is 38.2. The summed E-state index contributed by atoms with van der Waals surface area (Å²) in [7, 11) is 0. The number of hydrogen-bond acceptors (Lipinski definition) is 6.